The largest absolute Gasteiger partial charge is 0.343 e. The maximum absolute atomic E-state index is 12.9. The van der Waals surface area contributed by atoms with Crippen molar-refractivity contribution in [1.82, 2.24) is 45.8 Å². The topological polar surface area (TPSA) is 172 Å². The number of carbonyl (C=O) groups excluding carboxylic acids is 3. The number of aromatic nitrogens is 6. The molecule has 6 heterocycles. The van der Waals surface area contributed by atoms with Crippen LogP contribution in [0.2, 0.25) is 0 Å². The summed E-state index contributed by atoms with van der Waals surface area (Å²) >= 11 is 0. The lowest BCUT2D eigenvalue weighted by molar-refractivity contribution is -0.134. The zero-order valence-electron chi connectivity index (χ0n) is 33.6. The number of imide groups is 1. The number of likely N-dealkylation sites (tertiary alicyclic amines) is 1. The van der Waals surface area contributed by atoms with Crippen molar-refractivity contribution in [3.8, 4) is 22.4 Å². The number of hydrogen-bond donors (Lipinski definition) is 3. The van der Waals surface area contributed by atoms with Crippen LogP contribution in [0.25, 0.3) is 33.4 Å². The van der Waals surface area contributed by atoms with Gasteiger partial charge in [-0.1, -0.05) is 68.4 Å². The summed E-state index contributed by atoms with van der Waals surface area (Å²) in [6.07, 6.45) is 7.85. The summed E-state index contributed by atoms with van der Waals surface area (Å²) in [6.45, 7) is 12.9. The maximum atomic E-state index is 12.9. The van der Waals surface area contributed by atoms with Gasteiger partial charge in [0.05, 0.1) is 12.0 Å². The molecule has 58 heavy (non-hydrogen) atoms. The summed E-state index contributed by atoms with van der Waals surface area (Å²) in [5.74, 6) is -0.157. The first-order valence-electron chi connectivity index (χ1n) is 20.1. The van der Waals surface area contributed by atoms with Crippen LogP contribution in [0.15, 0.2) is 77.6 Å². The van der Waals surface area contributed by atoms with E-state index in [0.29, 0.717) is 30.3 Å². The Hall–Kier alpha value is -6.08. The number of amides is 3. The number of hydrogen-bond acceptors (Lipinski definition) is 10. The quantitative estimate of drug-likeness (QED) is 0.122. The first kappa shape index (κ1) is 38.8. The maximum Gasteiger partial charge on any atom is 0.293 e. The first-order valence-corrected chi connectivity index (χ1v) is 20.1. The predicted molar refractivity (Wildman–Crippen MR) is 220 cm³/mol. The summed E-state index contributed by atoms with van der Waals surface area (Å²) in [6, 6.07) is 20.5. The molecule has 3 amide bonds. The van der Waals surface area contributed by atoms with Crippen molar-refractivity contribution in [2.45, 2.75) is 90.0 Å². The van der Waals surface area contributed by atoms with Crippen LogP contribution in [0, 0.1) is 6.92 Å². The third kappa shape index (κ3) is 8.31. The number of aromatic amines is 1. The molecule has 2 unspecified atom stereocenters. The Kier molecular flexibility index (Phi) is 10.7. The summed E-state index contributed by atoms with van der Waals surface area (Å²) < 4.78 is 5.30. The van der Waals surface area contributed by atoms with Gasteiger partial charge in [-0.25, -0.2) is 4.98 Å². The molecule has 3 N–H and O–H groups in total. The number of carbonyl (C=O) groups is 3. The minimum atomic E-state index is -0.388. The lowest BCUT2D eigenvalue weighted by Crippen LogP contribution is -2.39. The third-order valence-electron chi connectivity index (χ3n) is 11.5. The number of pyridine rings is 2. The van der Waals surface area contributed by atoms with Crippen LogP contribution in [-0.4, -0.2) is 72.6 Å². The minimum Gasteiger partial charge on any atom is -0.343 e. The third-order valence-corrected chi connectivity index (χ3v) is 11.5. The second-order valence-electron chi connectivity index (χ2n) is 16.7. The standard InChI is InChI=1S/C45H49N9O4/c1-26-22-31(10-12-34(26)27(2)48-43(57)41-50-44(58-53-41)45(3,4)5)39-36-23-33(25-47-40(36)52-51-39)32-11-14-37(46-24-32)30-17-20-54(21-18-30)19-16-28-6-8-29(9-7-28)35-13-15-38(55)49-42(35)56/h6-12,14,22-25,27,30,35H,13,15-21H2,1-5H3,(H,48,57)(H,47,51,52)(H,49,55,56). The number of benzene rings is 2. The fourth-order valence-electron chi connectivity index (χ4n) is 8.03. The molecule has 4 aromatic heterocycles. The van der Waals surface area contributed by atoms with Crippen molar-refractivity contribution < 1.29 is 18.9 Å². The lowest BCUT2D eigenvalue weighted by atomic mass is 9.90. The number of nitrogens with zero attached hydrogens (tertiary/aromatic N) is 6. The van der Waals surface area contributed by atoms with E-state index in [2.05, 4.69) is 72.3 Å². The molecule has 2 aliphatic heterocycles. The van der Waals surface area contributed by atoms with Crippen molar-refractivity contribution >= 4 is 28.8 Å². The molecule has 13 heteroatoms. The zero-order chi connectivity index (χ0) is 40.6. The van der Waals surface area contributed by atoms with E-state index < -0.39 is 0 Å². The SMILES string of the molecule is Cc1cc(-c2n[nH]c3ncc(-c4ccc(C5CCN(CCc6ccc(C7CCC(=O)NC7=O)cc6)CC5)nc4)cc23)ccc1C(C)NC(=O)c1noc(C(C)(C)C)n1. The second-order valence-corrected chi connectivity index (χ2v) is 16.7. The monoisotopic (exact) mass is 779 g/mol. The van der Waals surface area contributed by atoms with Gasteiger partial charge in [0.1, 0.15) is 5.69 Å². The molecule has 2 atom stereocenters. The van der Waals surface area contributed by atoms with E-state index in [1.807, 2.05) is 71.3 Å². The predicted octanol–water partition coefficient (Wildman–Crippen LogP) is 7.11. The molecular formula is C45H49N9O4. The van der Waals surface area contributed by atoms with Crippen molar-refractivity contribution in [2.24, 2.45) is 0 Å². The Labute approximate surface area is 337 Å². The number of piperidine rings is 2. The number of aryl methyl sites for hydroxylation is 1. The van der Waals surface area contributed by atoms with Crippen molar-refractivity contribution in [3.63, 3.8) is 0 Å². The van der Waals surface area contributed by atoms with Gasteiger partial charge in [-0.05, 0) is 93.1 Å². The normalized spacial score (nSPS) is 17.4. The first-order chi connectivity index (χ1) is 27.9. The van der Waals surface area contributed by atoms with Crippen LogP contribution in [0.5, 0.6) is 0 Å². The number of rotatable bonds is 10. The molecule has 2 aromatic carbocycles. The fourth-order valence-corrected chi connectivity index (χ4v) is 8.03. The van der Waals surface area contributed by atoms with E-state index in [9.17, 15) is 14.4 Å². The molecule has 6 aromatic rings. The van der Waals surface area contributed by atoms with Gasteiger partial charge >= 0.3 is 0 Å². The molecule has 0 radical (unpaired) electrons. The van der Waals surface area contributed by atoms with Crippen LogP contribution in [-0.2, 0) is 21.4 Å². The summed E-state index contributed by atoms with van der Waals surface area (Å²) in [7, 11) is 0. The molecule has 0 saturated carbocycles. The highest BCUT2D eigenvalue weighted by Gasteiger charge is 2.28. The van der Waals surface area contributed by atoms with Gasteiger partial charge in [0.25, 0.3) is 11.7 Å². The van der Waals surface area contributed by atoms with E-state index in [1.54, 1.807) is 0 Å². The van der Waals surface area contributed by atoms with Crippen molar-refractivity contribution in [3.05, 3.63) is 113 Å². The van der Waals surface area contributed by atoms with Gasteiger partial charge < -0.3 is 14.7 Å². The molecule has 0 bridgehead atoms. The summed E-state index contributed by atoms with van der Waals surface area (Å²) in [5.41, 5.74) is 9.41. The summed E-state index contributed by atoms with van der Waals surface area (Å²) in [4.78, 5) is 53.1. The highest BCUT2D eigenvalue weighted by atomic mass is 16.5. The minimum absolute atomic E-state index is 0.0187. The van der Waals surface area contributed by atoms with E-state index in [0.717, 1.165) is 89.1 Å². The molecule has 298 valence electrons. The van der Waals surface area contributed by atoms with Gasteiger partial charge in [0, 0.05) is 64.5 Å². The average Bonchev–Trinajstić information content (AvgIpc) is 3.89. The molecule has 0 aliphatic carbocycles. The Morgan fingerprint density at radius 2 is 1.71 bits per heavy atom. The Morgan fingerprint density at radius 1 is 0.948 bits per heavy atom. The van der Waals surface area contributed by atoms with Crippen LogP contribution in [0.3, 0.4) is 0 Å². The second kappa shape index (κ2) is 16.0. The average molecular weight is 780 g/mol. The molecule has 2 aliphatic rings. The van der Waals surface area contributed by atoms with E-state index >= 15 is 0 Å². The van der Waals surface area contributed by atoms with Crippen molar-refractivity contribution in [2.75, 3.05) is 19.6 Å². The smallest absolute Gasteiger partial charge is 0.293 e. The molecule has 2 fully saturated rings. The molecule has 2 saturated heterocycles. The summed E-state index contributed by atoms with van der Waals surface area (Å²) in [5, 5.41) is 18.0. The van der Waals surface area contributed by atoms with Gasteiger partial charge in [0.15, 0.2) is 5.65 Å². The van der Waals surface area contributed by atoms with Crippen LogP contribution in [0.1, 0.15) is 116 Å². The Morgan fingerprint density at radius 3 is 2.40 bits per heavy atom. The molecule has 8 rings (SSSR count). The number of fused-ring (bicyclic) bond motifs is 1. The molecular weight excluding hydrogens is 731 g/mol. The van der Waals surface area contributed by atoms with Crippen LogP contribution >= 0.6 is 0 Å². The van der Waals surface area contributed by atoms with Crippen molar-refractivity contribution in [1.29, 1.82) is 0 Å². The highest BCUT2D eigenvalue weighted by Crippen LogP contribution is 2.33. The Balaban J connectivity index is 0.865. The van der Waals surface area contributed by atoms with Gasteiger partial charge in [0.2, 0.25) is 17.7 Å². The highest BCUT2D eigenvalue weighted by molar-refractivity contribution is 6.01. The van der Waals surface area contributed by atoms with Gasteiger partial charge in [-0.2, -0.15) is 10.1 Å². The van der Waals surface area contributed by atoms with E-state index in [1.165, 1.54) is 5.56 Å². The Bertz CT molecular complexity index is 2460. The molecule has 0 spiro atoms. The lowest BCUT2D eigenvalue weighted by Gasteiger charge is -2.31. The van der Waals surface area contributed by atoms with E-state index in [4.69, 9.17) is 14.5 Å². The fraction of sp³-hybridized carbons (Fsp3) is 0.378. The van der Waals surface area contributed by atoms with Crippen LogP contribution < -0.4 is 10.6 Å². The number of nitrogens with one attached hydrogen (secondary N) is 3. The zero-order valence-corrected chi connectivity index (χ0v) is 33.6. The molecule has 13 nitrogen and oxygen atoms in total. The van der Waals surface area contributed by atoms with Crippen LogP contribution in [0.4, 0.5) is 0 Å². The van der Waals surface area contributed by atoms with Gasteiger partial charge in [-0.3, -0.25) is 29.8 Å². The van der Waals surface area contributed by atoms with Gasteiger partial charge in [-0.15, -0.1) is 0 Å². The number of H-pyrrole nitrogens is 1. The van der Waals surface area contributed by atoms with E-state index in [-0.39, 0.29) is 40.9 Å².